The molecule has 1 heterocycles. The average Bonchev–Trinajstić information content (AvgIpc) is 2.71. The van der Waals surface area contributed by atoms with Crippen LogP contribution in [0.25, 0.3) is 0 Å². The molecule has 1 saturated carbocycles. The fourth-order valence-corrected chi connectivity index (χ4v) is 4.21. The van der Waals surface area contributed by atoms with Crippen LogP contribution in [0.3, 0.4) is 0 Å². The van der Waals surface area contributed by atoms with Crippen LogP contribution in [-0.2, 0) is 6.54 Å². The number of nitrogens with zero attached hydrogens (tertiary/aromatic N) is 1. The van der Waals surface area contributed by atoms with E-state index in [2.05, 4.69) is 20.8 Å². The molecule has 3 atom stereocenters. The van der Waals surface area contributed by atoms with Gasteiger partial charge in [0.25, 0.3) is 0 Å². The molecule has 3 unspecified atom stereocenters. The van der Waals surface area contributed by atoms with Gasteiger partial charge in [0.15, 0.2) is 0 Å². The second kappa shape index (κ2) is 6.73. The van der Waals surface area contributed by atoms with Gasteiger partial charge in [-0.3, -0.25) is 4.90 Å². The Bertz CT molecular complexity index is 451. The van der Waals surface area contributed by atoms with Crippen molar-refractivity contribution in [3.8, 4) is 0 Å². The van der Waals surface area contributed by atoms with E-state index >= 15 is 0 Å². The predicted octanol–water partition coefficient (Wildman–Crippen LogP) is 3.57. The van der Waals surface area contributed by atoms with E-state index in [9.17, 15) is 4.39 Å². The summed E-state index contributed by atoms with van der Waals surface area (Å²) >= 11 is 3.35. The number of benzene rings is 1. The minimum absolute atomic E-state index is 0. The lowest BCUT2D eigenvalue weighted by molar-refractivity contribution is 0.259. The van der Waals surface area contributed by atoms with Gasteiger partial charge in [0.2, 0.25) is 0 Å². The molecule has 5 heteroatoms. The first-order valence-electron chi connectivity index (χ1n) is 7.05. The first-order chi connectivity index (χ1) is 9.11. The van der Waals surface area contributed by atoms with Crippen LogP contribution in [0.15, 0.2) is 22.7 Å². The summed E-state index contributed by atoms with van der Waals surface area (Å²) in [6, 6.07) is 5.50. The van der Waals surface area contributed by atoms with Crippen molar-refractivity contribution in [1.29, 1.82) is 0 Å². The standard InChI is InChI=1S/C15H20BrFN2.ClH/c16-12-4-10(5-13(17)6-12)7-19-8-11-2-1-3-15(18)14(11)9-19;/h4-6,11,14-15H,1-3,7-9,18H2;1H. The molecule has 0 spiro atoms. The van der Waals surface area contributed by atoms with Crippen molar-refractivity contribution in [3.05, 3.63) is 34.1 Å². The summed E-state index contributed by atoms with van der Waals surface area (Å²) in [6.07, 6.45) is 3.74. The molecule has 2 nitrogen and oxygen atoms in total. The summed E-state index contributed by atoms with van der Waals surface area (Å²) in [5, 5.41) is 0. The summed E-state index contributed by atoms with van der Waals surface area (Å²) < 4.78 is 14.2. The van der Waals surface area contributed by atoms with Crippen LogP contribution >= 0.6 is 28.3 Å². The van der Waals surface area contributed by atoms with E-state index in [1.807, 2.05) is 6.07 Å². The topological polar surface area (TPSA) is 29.3 Å². The monoisotopic (exact) mass is 362 g/mol. The maximum atomic E-state index is 13.4. The van der Waals surface area contributed by atoms with E-state index in [0.717, 1.165) is 35.6 Å². The first kappa shape index (κ1) is 16.2. The molecule has 0 bridgehead atoms. The molecule has 0 amide bonds. The van der Waals surface area contributed by atoms with Gasteiger partial charge in [0.05, 0.1) is 0 Å². The fourth-order valence-electron chi connectivity index (χ4n) is 3.70. The quantitative estimate of drug-likeness (QED) is 0.870. The van der Waals surface area contributed by atoms with Gasteiger partial charge in [-0.2, -0.15) is 0 Å². The Morgan fingerprint density at radius 2 is 2.05 bits per heavy atom. The molecule has 20 heavy (non-hydrogen) atoms. The van der Waals surface area contributed by atoms with E-state index in [-0.39, 0.29) is 18.2 Å². The van der Waals surface area contributed by atoms with E-state index in [4.69, 9.17) is 5.73 Å². The van der Waals surface area contributed by atoms with E-state index < -0.39 is 0 Å². The molecule has 2 fully saturated rings. The second-order valence-corrected chi connectivity index (χ2v) is 6.91. The fraction of sp³-hybridized carbons (Fsp3) is 0.600. The first-order valence-corrected chi connectivity index (χ1v) is 7.84. The highest BCUT2D eigenvalue weighted by molar-refractivity contribution is 9.10. The van der Waals surface area contributed by atoms with Gasteiger partial charge in [-0.05, 0) is 48.4 Å². The highest BCUT2D eigenvalue weighted by Crippen LogP contribution is 2.36. The molecule has 1 aromatic carbocycles. The third kappa shape index (κ3) is 3.53. The molecular formula is C15H21BrClFN2. The Morgan fingerprint density at radius 1 is 1.25 bits per heavy atom. The number of nitrogens with two attached hydrogens (primary N) is 1. The Morgan fingerprint density at radius 3 is 2.75 bits per heavy atom. The summed E-state index contributed by atoms with van der Waals surface area (Å²) in [5.74, 6) is 1.23. The lowest BCUT2D eigenvalue weighted by Crippen LogP contribution is -2.38. The molecule has 2 N–H and O–H groups in total. The lowest BCUT2D eigenvalue weighted by Gasteiger charge is -2.29. The van der Waals surface area contributed by atoms with Crippen molar-refractivity contribution < 1.29 is 4.39 Å². The van der Waals surface area contributed by atoms with Crippen LogP contribution < -0.4 is 5.73 Å². The summed E-state index contributed by atoms with van der Waals surface area (Å²) in [4.78, 5) is 2.43. The minimum atomic E-state index is -0.169. The zero-order valence-corrected chi connectivity index (χ0v) is 13.8. The summed E-state index contributed by atoms with van der Waals surface area (Å²) in [7, 11) is 0. The number of halogens is 3. The highest BCUT2D eigenvalue weighted by Gasteiger charge is 2.38. The predicted molar refractivity (Wildman–Crippen MR) is 85.4 cm³/mol. The Balaban J connectivity index is 0.00000147. The van der Waals surface area contributed by atoms with E-state index in [1.165, 1.54) is 25.3 Å². The number of fused-ring (bicyclic) bond motifs is 1. The van der Waals surface area contributed by atoms with Crippen molar-refractivity contribution >= 4 is 28.3 Å². The van der Waals surface area contributed by atoms with Crippen molar-refractivity contribution in [2.75, 3.05) is 13.1 Å². The maximum absolute atomic E-state index is 13.4. The molecule has 1 aliphatic heterocycles. The van der Waals surface area contributed by atoms with Gasteiger partial charge in [-0.1, -0.05) is 22.4 Å². The third-order valence-electron chi connectivity index (χ3n) is 4.56. The van der Waals surface area contributed by atoms with Crippen molar-refractivity contribution in [1.82, 2.24) is 4.90 Å². The Hall–Kier alpha value is -0.160. The normalized spacial score (nSPS) is 29.9. The van der Waals surface area contributed by atoms with Gasteiger partial charge >= 0.3 is 0 Å². The Labute approximate surface area is 134 Å². The molecule has 1 saturated heterocycles. The van der Waals surface area contributed by atoms with Crippen molar-refractivity contribution in [2.24, 2.45) is 17.6 Å². The highest BCUT2D eigenvalue weighted by atomic mass is 79.9. The van der Waals surface area contributed by atoms with Crippen LogP contribution in [0, 0.1) is 17.7 Å². The van der Waals surface area contributed by atoms with Crippen molar-refractivity contribution in [3.63, 3.8) is 0 Å². The third-order valence-corrected chi connectivity index (χ3v) is 5.02. The van der Waals surface area contributed by atoms with Crippen LogP contribution in [0.4, 0.5) is 4.39 Å². The average molecular weight is 364 g/mol. The zero-order valence-electron chi connectivity index (χ0n) is 11.4. The van der Waals surface area contributed by atoms with Crippen molar-refractivity contribution in [2.45, 2.75) is 31.8 Å². The maximum Gasteiger partial charge on any atom is 0.124 e. The van der Waals surface area contributed by atoms with Gasteiger partial charge < -0.3 is 5.73 Å². The zero-order chi connectivity index (χ0) is 13.4. The van der Waals surface area contributed by atoms with Crippen LogP contribution in [-0.4, -0.2) is 24.0 Å². The van der Waals surface area contributed by atoms with Gasteiger partial charge in [0, 0.05) is 30.1 Å². The Kier molecular flexibility index (Phi) is 5.46. The molecule has 1 aliphatic carbocycles. The van der Waals surface area contributed by atoms with Gasteiger partial charge in [-0.25, -0.2) is 4.39 Å². The number of hydrogen-bond donors (Lipinski definition) is 1. The molecule has 0 aromatic heterocycles. The van der Waals surface area contributed by atoms with E-state index in [0.29, 0.717) is 12.0 Å². The summed E-state index contributed by atoms with van der Waals surface area (Å²) in [5.41, 5.74) is 7.27. The van der Waals surface area contributed by atoms with Gasteiger partial charge in [-0.15, -0.1) is 12.4 Å². The molecule has 2 aliphatic rings. The summed E-state index contributed by atoms with van der Waals surface area (Å²) in [6.45, 7) is 3.02. The molecule has 3 rings (SSSR count). The molecular weight excluding hydrogens is 343 g/mol. The smallest absolute Gasteiger partial charge is 0.124 e. The number of likely N-dealkylation sites (tertiary alicyclic amines) is 1. The lowest BCUT2D eigenvalue weighted by atomic mass is 9.78. The molecule has 112 valence electrons. The number of hydrogen-bond acceptors (Lipinski definition) is 2. The van der Waals surface area contributed by atoms with Gasteiger partial charge in [0.1, 0.15) is 5.82 Å². The largest absolute Gasteiger partial charge is 0.327 e. The number of rotatable bonds is 2. The molecule has 0 radical (unpaired) electrons. The SMILES string of the molecule is Cl.NC1CCCC2CN(Cc3cc(F)cc(Br)c3)CC12. The van der Waals surface area contributed by atoms with Crippen LogP contribution in [0.5, 0.6) is 0 Å². The van der Waals surface area contributed by atoms with E-state index in [1.54, 1.807) is 6.07 Å². The van der Waals surface area contributed by atoms with Crippen LogP contribution in [0.1, 0.15) is 24.8 Å². The van der Waals surface area contributed by atoms with Crippen LogP contribution in [0.2, 0.25) is 0 Å². The molecule has 1 aromatic rings. The second-order valence-electron chi connectivity index (χ2n) is 5.99. The minimum Gasteiger partial charge on any atom is -0.327 e.